The summed E-state index contributed by atoms with van der Waals surface area (Å²) in [7, 11) is -2.99. The van der Waals surface area contributed by atoms with Gasteiger partial charge in [-0.2, -0.15) is 9.69 Å². The van der Waals surface area contributed by atoms with E-state index in [4.69, 9.17) is 14.8 Å². The quantitative estimate of drug-likeness (QED) is 0.398. The van der Waals surface area contributed by atoms with E-state index in [1.807, 2.05) is 0 Å². The fourth-order valence-electron chi connectivity index (χ4n) is 0. The minimum Gasteiger partial charge on any atom is -0.441 e. The van der Waals surface area contributed by atoms with Gasteiger partial charge in [0.25, 0.3) is 0 Å². The number of carbonyl (C=O) groups is 1. The van der Waals surface area contributed by atoms with Crippen LogP contribution in [-0.2, 0) is 4.57 Å². The van der Waals surface area contributed by atoms with E-state index in [-0.39, 0.29) is 12.3 Å². The summed E-state index contributed by atoms with van der Waals surface area (Å²) in [4.78, 5) is 16.7. The molecule has 8 N–H and O–H groups in total. The monoisotopic (exact) mass is 143 g/mol. The summed E-state index contributed by atoms with van der Waals surface area (Å²) >= 11 is 0. The van der Waals surface area contributed by atoms with Crippen molar-refractivity contribution in [2.45, 2.75) is 0 Å². The summed E-state index contributed by atoms with van der Waals surface area (Å²) in [5, 5.41) is 7.46. The molecule has 0 bridgehead atoms. The Kier molecular flexibility index (Phi) is 12.6. The smallest absolute Gasteiger partial charge is 0.441 e. The Morgan fingerprint density at radius 1 is 1.38 bits per heavy atom. The van der Waals surface area contributed by atoms with Crippen molar-refractivity contribution in [3.05, 3.63) is 0 Å². The third kappa shape index (κ3) is 9.07. The molecule has 7 heteroatoms. The van der Waals surface area contributed by atoms with Gasteiger partial charge in [0, 0.05) is 0 Å². The van der Waals surface area contributed by atoms with Gasteiger partial charge in [0.1, 0.15) is 0 Å². The second-order valence-electron chi connectivity index (χ2n) is 0.556. The lowest BCUT2D eigenvalue weighted by molar-refractivity contribution is 0.217. The van der Waals surface area contributed by atoms with Gasteiger partial charge in [-0.05, 0) is 4.57 Å². The van der Waals surface area contributed by atoms with Crippen LogP contribution in [0.25, 0.3) is 0 Å². The maximum atomic E-state index is 9.25. The first kappa shape index (κ1) is 15.7. The van der Waals surface area contributed by atoms with E-state index in [9.17, 15) is 4.57 Å². The standard InChI is InChI=1S/CHO4P.2H3N/c2-1(3)6(4)5;;/h(H-,2,3,4,5);2*1H3/p+1. The van der Waals surface area contributed by atoms with Crippen molar-refractivity contribution >= 4 is 13.7 Å². The summed E-state index contributed by atoms with van der Waals surface area (Å²) in [6.45, 7) is 0. The number of hydrogen-bond donors (Lipinski definition) is 4. The predicted octanol–water partition coefficient (Wildman–Crippen LogP) is 0.723. The van der Waals surface area contributed by atoms with Gasteiger partial charge < -0.3 is 17.4 Å². The van der Waals surface area contributed by atoms with Crippen LogP contribution < -0.4 is 12.3 Å². The van der Waals surface area contributed by atoms with E-state index < -0.39 is 13.7 Å². The van der Waals surface area contributed by atoms with Gasteiger partial charge in [-0.3, -0.25) is 0 Å². The lowest BCUT2D eigenvalue weighted by Gasteiger charge is -1.55. The van der Waals surface area contributed by atoms with Crippen LogP contribution in [0.4, 0.5) is 4.79 Å². The number of carboxylic acid groups (broad SMARTS) is 1. The van der Waals surface area contributed by atoms with Crippen LogP contribution in [0.2, 0.25) is 0 Å². The average Bonchev–Trinajstić information content (AvgIpc) is 1.36. The van der Waals surface area contributed by atoms with Crippen molar-refractivity contribution in [2.75, 3.05) is 0 Å². The SMILES string of the molecule is N.N.O=C(O)[P+](=O)O. The zero-order valence-electron chi connectivity index (χ0n) is 4.07. The van der Waals surface area contributed by atoms with Gasteiger partial charge in [-0.15, -0.1) is 0 Å². The molecule has 50 valence electrons. The van der Waals surface area contributed by atoms with Gasteiger partial charge in [-0.25, -0.2) is 0 Å². The van der Waals surface area contributed by atoms with Crippen molar-refractivity contribution in [2.24, 2.45) is 0 Å². The molecule has 1 atom stereocenters. The van der Waals surface area contributed by atoms with Gasteiger partial charge in [0.2, 0.25) is 0 Å². The molecule has 0 fully saturated rings. The lowest BCUT2D eigenvalue weighted by atomic mass is 11.6. The highest BCUT2D eigenvalue weighted by molar-refractivity contribution is 7.57. The molecule has 8 heavy (non-hydrogen) atoms. The Morgan fingerprint density at radius 2 is 1.50 bits per heavy atom. The molecule has 0 radical (unpaired) electrons. The Balaban J connectivity index is -0.000000125. The second-order valence-corrected chi connectivity index (χ2v) is 1.48. The number of hydrogen-bond acceptors (Lipinski definition) is 4. The maximum Gasteiger partial charge on any atom is 0.633 e. The summed E-state index contributed by atoms with van der Waals surface area (Å²) in [5.41, 5.74) is -1.68. The minimum absolute atomic E-state index is 0. The first-order valence-electron chi connectivity index (χ1n) is 1.03. The largest absolute Gasteiger partial charge is 0.633 e. The molecule has 0 aromatic rings. The highest BCUT2D eigenvalue weighted by Crippen LogP contribution is 2.11. The molecular formula is CH8N2O4P+. The van der Waals surface area contributed by atoms with Crippen LogP contribution in [0.1, 0.15) is 0 Å². The van der Waals surface area contributed by atoms with Crippen molar-refractivity contribution in [1.82, 2.24) is 12.3 Å². The molecule has 0 saturated heterocycles. The average molecular weight is 143 g/mol. The highest BCUT2D eigenvalue weighted by Gasteiger charge is 2.23. The third-order valence-electron chi connectivity index (χ3n) is 0.164. The van der Waals surface area contributed by atoms with E-state index in [0.717, 1.165) is 0 Å². The molecule has 0 heterocycles. The molecule has 0 aliphatic rings. The summed E-state index contributed by atoms with van der Waals surface area (Å²) in [6, 6.07) is 0. The third-order valence-corrected chi connectivity index (χ3v) is 0.491. The molecular weight excluding hydrogens is 135 g/mol. The van der Waals surface area contributed by atoms with Gasteiger partial charge in [-0.1, -0.05) is 0 Å². The Bertz CT molecular complexity index is 80.0. The second kappa shape index (κ2) is 6.45. The summed E-state index contributed by atoms with van der Waals surface area (Å²) in [5.74, 6) is 0. The van der Waals surface area contributed by atoms with Crippen LogP contribution in [-0.4, -0.2) is 15.7 Å². The molecule has 0 rings (SSSR count). The van der Waals surface area contributed by atoms with Crippen LogP contribution in [0.5, 0.6) is 0 Å². The molecule has 0 aromatic heterocycles. The molecule has 6 nitrogen and oxygen atoms in total. The first-order chi connectivity index (χ1) is 2.64. The summed E-state index contributed by atoms with van der Waals surface area (Å²) in [6.07, 6.45) is 0. The Morgan fingerprint density at radius 3 is 1.50 bits per heavy atom. The number of rotatable bonds is 1. The van der Waals surface area contributed by atoms with Crippen molar-refractivity contribution in [1.29, 1.82) is 0 Å². The Labute approximate surface area is 46.6 Å². The van der Waals surface area contributed by atoms with Crippen molar-refractivity contribution in [3.63, 3.8) is 0 Å². The van der Waals surface area contributed by atoms with Crippen LogP contribution in [0.3, 0.4) is 0 Å². The maximum absolute atomic E-state index is 9.25. The molecule has 1 unspecified atom stereocenters. The molecule has 0 aromatic carbocycles. The van der Waals surface area contributed by atoms with E-state index in [2.05, 4.69) is 0 Å². The van der Waals surface area contributed by atoms with Gasteiger partial charge >= 0.3 is 13.7 Å². The molecule has 0 aliphatic heterocycles. The molecule has 0 amide bonds. The van der Waals surface area contributed by atoms with Gasteiger partial charge in [0.15, 0.2) is 0 Å². The fourth-order valence-corrected chi connectivity index (χ4v) is 0. The lowest BCUT2D eigenvalue weighted by Crippen LogP contribution is -1.77. The molecule has 0 saturated carbocycles. The molecule has 0 aliphatic carbocycles. The normalized spacial score (nSPS) is 7.88. The van der Waals surface area contributed by atoms with Crippen LogP contribution in [0, 0.1) is 0 Å². The van der Waals surface area contributed by atoms with E-state index in [1.165, 1.54) is 0 Å². The predicted molar refractivity (Wildman–Crippen MR) is 27.9 cm³/mol. The summed E-state index contributed by atoms with van der Waals surface area (Å²) < 4.78 is 9.25. The zero-order valence-corrected chi connectivity index (χ0v) is 4.97. The van der Waals surface area contributed by atoms with Crippen molar-refractivity contribution in [3.8, 4) is 0 Å². The van der Waals surface area contributed by atoms with E-state index >= 15 is 0 Å². The van der Waals surface area contributed by atoms with E-state index in [0.29, 0.717) is 0 Å². The Hall–Kier alpha value is -0.550. The molecule has 0 spiro atoms. The van der Waals surface area contributed by atoms with Crippen LogP contribution >= 0.6 is 8.03 Å². The van der Waals surface area contributed by atoms with Crippen LogP contribution in [0.15, 0.2) is 0 Å². The zero-order chi connectivity index (χ0) is 5.15. The van der Waals surface area contributed by atoms with Crippen molar-refractivity contribution < 1.29 is 19.4 Å². The first-order valence-corrected chi connectivity index (χ1v) is 2.25. The van der Waals surface area contributed by atoms with Gasteiger partial charge in [0.05, 0.1) is 0 Å². The topological polar surface area (TPSA) is 145 Å². The highest BCUT2D eigenvalue weighted by atomic mass is 31.1. The fraction of sp³-hybridized carbons (Fsp3) is 0. The minimum atomic E-state index is -2.99. The van der Waals surface area contributed by atoms with E-state index in [1.54, 1.807) is 0 Å².